The van der Waals surface area contributed by atoms with Gasteiger partial charge in [0.25, 0.3) is 0 Å². The first-order valence-corrected chi connectivity index (χ1v) is 8.10. The predicted molar refractivity (Wildman–Crippen MR) is 85.1 cm³/mol. The summed E-state index contributed by atoms with van der Waals surface area (Å²) in [6.45, 7) is 2.06. The molecular formula is C13H11Br2ClOS. The number of benzene rings is 1. The van der Waals surface area contributed by atoms with Gasteiger partial charge < -0.3 is 4.74 Å². The van der Waals surface area contributed by atoms with Crippen molar-refractivity contribution in [2.75, 3.05) is 7.11 Å². The number of hydrogen-bond donors (Lipinski definition) is 0. The fourth-order valence-electron chi connectivity index (χ4n) is 1.66. The van der Waals surface area contributed by atoms with Gasteiger partial charge in [-0.25, -0.2) is 0 Å². The molecule has 1 nitrogen and oxygen atoms in total. The van der Waals surface area contributed by atoms with Crippen LogP contribution in [0.25, 0.3) is 0 Å². The molecule has 0 radical (unpaired) electrons. The molecule has 0 aliphatic rings. The van der Waals surface area contributed by atoms with E-state index in [0.717, 1.165) is 24.4 Å². The van der Waals surface area contributed by atoms with E-state index < -0.39 is 0 Å². The Morgan fingerprint density at radius 2 is 2.00 bits per heavy atom. The fourth-order valence-corrected chi connectivity index (χ4v) is 3.98. The maximum absolute atomic E-state index is 6.56. The molecule has 0 fully saturated rings. The number of hydrogen-bond acceptors (Lipinski definition) is 2. The molecule has 1 heterocycles. The number of halogens is 3. The molecule has 0 saturated heterocycles. The van der Waals surface area contributed by atoms with Gasteiger partial charge in [0.2, 0.25) is 0 Å². The minimum Gasteiger partial charge on any atom is -0.496 e. The van der Waals surface area contributed by atoms with Crippen LogP contribution >= 0.6 is 54.8 Å². The van der Waals surface area contributed by atoms with E-state index in [9.17, 15) is 0 Å². The summed E-state index contributed by atoms with van der Waals surface area (Å²) in [7, 11) is 1.66. The Morgan fingerprint density at radius 1 is 1.28 bits per heavy atom. The van der Waals surface area contributed by atoms with Gasteiger partial charge >= 0.3 is 0 Å². The van der Waals surface area contributed by atoms with Crippen LogP contribution in [-0.4, -0.2) is 7.11 Å². The average Bonchev–Trinajstić information content (AvgIpc) is 2.68. The summed E-state index contributed by atoms with van der Waals surface area (Å²) in [5.41, 5.74) is 2.18. The van der Waals surface area contributed by atoms with E-state index in [1.54, 1.807) is 18.4 Å². The summed E-state index contributed by atoms with van der Waals surface area (Å²) >= 11 is 15.2. The molecule has 2 rings (SSSR count). The van der Waals surface area contributed by atoms with E-state index in [1.165, 1.54) is 5.56 Å². The van der Waals surface area contributed by atoms with Crippen LogP contribution < -0.4 is 4.74 Å². The smallest absolute Gasteiger partial charge is 0.124 e. The van der Waals surface area contributed by atoms with Gasteiger partial charge in [0, 0.05) is 14.9 Å². The molecule has 18 heavy (non-hydrogen) atoms. The summed E-state index contributed by atoms with van der Waals surface area (Å²) in [6.07, 6.45) is 0. The molecule has 2 aromatic rings. The highest BCUT2D eigenvalue weighted by Crippen LogP contribution is 2.41. The predicted octanol–water partition coefficient (Wildman–Crippen LogP) is 5.92. The highest BCUT2D eigenvalue weighted by atomic mass is 79.9. The summed E-state index contributed by atoms with van der Waals surface area (Å²) in [6, 6.07) is 7.97. The van der Waals surface area contributed by atoms with Crippen LogP contribution in [0.1, 0.15) is 21.4 Å². The molecule has 1 aromatic heterocycles. The zero-order chi connectivity index (χ0) is 13.3. The summed E-state index contributed by atoms with van der Waals surface area (Å²) < 4.78 is 7.49. The van der Waals surface area contributed by atoms with Crippen molar-refractivity contribution in [3.8, 4) is 5.75 Å². The second-order valence-corrected chi connectivity index (χ2v) is 7.61. The largest absolute Gasteiger partial charge is 0.496 e. The third-order valence-corrected chi connectivity index (χ3v) is 5.89. The van der Waals surface area contributed by atoms with Crippen molar-refractivity contribution in [3.63, 3.8) is 0 Å². The topological polar surface area (TPSA) is 9.23 Å². The van der Waals surface area contributed by atoms with Gasteiger partial charge in [0.05, 0.1) is 16.3 Å². The molecule has 0 amide bonds. The molecular weight excluding hydrogens is 399 g/mol. The quantitative estimate of drug-likeness (QED) is 0.571. The van der Waals surface area contributed by atoms with Crippen molar-refractivity contribution >= 4 is 54.8 Å². The average molecular weight is 411 g/mol. The van der Waals surface area contributed by atoms with Crippen molar-refractivity contribution in [2.24, 2.45) is 0 Å². The lowest BCUT2D eigenvalue weighted by atomic mass is 10.1. The Labute approximate surface area is 132 Å². The number of methoxy groups -OCH3 is 1. The van der Waals surface area contributed by atoms with Crippen LogP contribution in [-0.2, 0) is 0 Å². The molecule has 0 N–H and O–H groups in total. The van der Waals surface area contributed by atoms with Gasteiger partial charge in [-0.1, -0.05) is 15.9 Å². The monoisotopic (exact) mass is 408 g/mol. The molecule has 0 bridgehead atoms. The SMILES string of the molecule is COc1ccc(Br)cc1C(Cl)c1cc(C)c(Br)s1. The Hall–Kier alpha value is -0.0300. The van der Waals surface area contributed by atoms with Crippen LogP contribution in [0.5, 0.6) is 5.75 Å². The van der Waals surface area contributed by atoms with Gasteiger partial charge in [-0.05, 0) is 52.7 Å². The lowest BCUT2D eigenvalue weighted by Gasteiger charge is -2.13. The minimum atomic E-state index is -0.201. The lowest BCUT2D eigenvalue weighted by molar-refractivity contribution is 0.410. The Bertz CT molecular complexity index is 549. The van der Waals surface area contributed by atoms with Gasteiger partial charge in [-0.15, -0.1) is 22.9 Å². The molecule has 0 spiro atoms. The van der Waals surface area contributed by atoms with Gasteiger partial charge in [-0.3, -0.25) is 0 Å². The van der Waals surface area contributed by atoms with Crippen LogP contribution in [0, 0.1) is 6.92 Å². The first-order chi connectivity index (χ1) is 8.52. The van der Waals surface area contributed by atoms with E-state index in [0.29, 0.717) is 0 Å². The second kappa shape index (κ2) is 5.95. The molecule has 5 heteroatoms. The molecule has 96 valence electrons. The summed E-state index contributed by atoms with van der Waals surface area (Å²) in [4.78, 5) is 1.11. The van der Waals surface area contributed by atoms with Crippen molar-refractivity contribution in [1.82, 2.24) is 0 Å². The molecule has 1 aromatic carbocycles. The molecule has 1 atom stereocenters. The van der Waals surface area contributed by atoms with Crippen molar-refractivity contribution in [3.05, 3.63) is 48.5 Å². The first kappa shape index (κ1) is 14.4. The van der Waals surface area contributed by atoms with Crippen LogP contribution in [0.3, 0.4) is 0 Å². The molecule has 0 aliphatic heterocycles. The van der Waals surface area contributed by atoms with E-state index in [-0.39, 0.29) is 5.38 Å². The number of aryl methyl sites for hydroxylation is 1. The zero-order valence-electron chi connectivity index (χ0n) is 9.84. The van der Waals surface area contributed by atoms with Crippen molar-refractivity contribution < 1.29 is 4.74 Å². The number of ether oxygens (including phenoxy) is 1. The van der Waals surface area contributed by atoms with Gasteiger partial charge in [-0.2, -0.15) is 0 Å². The van der Waals surface area contributed by atoms with Crippen molar-refractivity contribution in [2.45, 2.75) is 12.3 Å². The van der Waals surface area contributed by atoms with E-state index >= 15 is 0 Å². The standard InChI is InChI=1S/C13H11Br2ClOS/c1-7-5-11(18-13(7)15)12(16)9-6-8(14)3-4-10(9)17-2/h3-6,12H,1-2H3. The van der Waals surface area contributed by atoms with E-state index in [4.69, 9.17) is 16.3 Å². The number of thiophene rings is 1. The highest BCUT2D eigenvalue weighted by Gasteiger charge is 2.19. The summed E-state index contributed by atoms with van der Waals surface area (Å²) in [5.74, 6) is 0.806. The number of alkyl halides is 1. The van der Waals surface area contributed by atoms with E-state index in [1.807, 2.05) is 18.2 Å². The van der Waals surface area contributed by atoms with Crippen LogP contribution in [0.2, 0.25) is 0 Å². The van der Waals surface area contributed by atoms with Gasteiger partial charge in [0.1, 0.15) is 5.75 Å². The number of rotatable bonds is 3. The lowest BCUT2D eigenvalue weighted by Crippen LogP contribution is -1.95. The Morgan fingerprint density at radius 3 is 2.56 bits per heavy atom. The Kier molecular flexibility index (Phi) is 4.75. The highest BCUT2D eigenvalue weighted by molar-refractivity contribution is 9.11. The maximum Gasteiger partial charge on any atom is 0.124 e. The maximum atomic E-state index is 6.56. The fraction of sp³-hybridized carbons (Fsp3) is 0.231. The minimum absolute atomic E-state index is 0.201. The van der Waals surface area contributed by atoms with E-state index in [2.05, 4.69) is 44.8 Å². The normalized spacial score (nSPS) is 12.5. The summed E-state index contributed by atoms with van der Waals surface area (Å²) in [5, 5.41) is -0.201. The van der Waals surface area contributed by atoms with Gasteiger partial charge in [0.15, 0.2) is 0 Å². The third-order valence-electron chi connectivity index (χ3n) is 2.59. The molecule has 0 saturated carbocycles. The first-order valence-electron chi connectivity index (χ1n) is 5.26. The van der Waals surface area contributed by atoms with Crippen LogP contribution in [0.15, 0.2) is 32.5 Å². The van der Waals surface area contributed by atoms with Crippen LogP contribution in [0.4, 0.5) is 0 Å². The Balaban J connectivity index is 2.44. The molecule has 0 aliphatic carbocycles. The second-order valence-electron chi connectivity index (χ2n) is 3.85. The third kappa shape index (κ3) is 2.93. The van der Waals surface area contributed by atoms with Crippen molar-refractivity contribution in [1.29, 1.82) is 0 Å². The molecule has 1 unspecified atom stereocenters. The zero-order valence-corrected chi connectivity index (χ0v) is 14.6.